The van der Waals surface area contributed by atoms with Crippen LogP contribution in [0.15, 0.2) is 22.1 Å². The maximum absolute atomic E-state index is 12.6. The van der Waals surface area contributed by atoms with Gasteiger partial charge in [0.25, 0.3) is 11.7 Å². The van der Waals surface area contributed by atoms with Crippen molar-refractivity contribution in [3.8, 4) is 0 Å². The molecule has 126 valence electrons. The average molecular weight is 386 g/mol. The molecule has 23 heavy (non-hydrogen) atoms. The molecule has 1 aliphatic carbocycles. The highest BCUT2D eigenvalue weighted by Gasteiger charge is 2.49. The highest BCUT2D eigenvalue weighted by Crippen LogP contribution is 2.39. The first-order chi connectivity index (χ1) is 10.8. The number of ether oxygens (including phenoxy) is 2. The molecule has 2 atom stereocenters. The van der Waals surface area contributed by atoms with Gasteiger partial charge in [-0.3, -0.25) is 9.69 Å². The third kappa shape index (κ3) is 3.04. The Labute approximate surface area is 143 Å². The number of Topliss-reactive ketones (excluding diaryl/α,β-unsaturated/α-hetero) is 1. The van der Waals surface area contributed by atoms with E-state index in [-0.39, 0.29) is 17.4 Å². The highest BCUT2D eigenvalue weighted by molar-refractivity contribution is 9.12. The van der Waals surface area contributed by atoms with E-state index in [1.807, 2.05) is 6.08 Å². The van der Waals surface area contributed by atoms with E-state index in [0.29, 0.717) is 4.48 Å². The maximum atomic E-state index is 12.6. The zero-order valence-corrected chi connectivity index (χ0v) is 14.8. The van der Waals surface area contributed by atoms with Crippen LogP contribution in [-0.4, -0.2) is 46.7 Å². The van der Waals surface area contributed by atoms with Crippen molar-refractivity contribution in [3.05, 3.63) is 22.1 Å². The van der Waals surface area contributed by atoms with Crippen LogP contribution >= 0.6 is 15.9 Å². The number of halogens is 1. The average Bonchev–Trinajstić information content (AvgIpc) is 2.75. The summed E-state index contributed by atoms with van der Waals surface area (Å²) in [6.07, 6.45) is 5.09. The molecule has 1 saturated heterocycles. The summed E-state index contributed by atoms with van der Waals surface area (Å²) >= 11 is 3.27. The van der Waals surface area contributed by atoms with E-state index in [1.165, 1.54) is 20.3 Å². The second-order valence-corrected chi connectivity index (χ2v) is 7.41. The molecular formula is C16H20BrNO5. The van der Waals surface area contributed by atoms with E-state index < -0.39 is 23.6 Å². The molecule has 0 amide bonds. The Hall–Kier alpha value is -1.34. The fourth-order valence-corrected chi connectivity index (χ4v) is 3.92. The molecule has 0 spiro atoms. The number of carbonyl (C=O) groups excluding carboxylic acids is 2. The predicted octanol–water partition coefficient (Wildman–Crippen LogP) is 2.40. The summed E-state index contributed by atoms with van der Waals surface area (Å²) in [5, 5.41) is 10.2. The molecule has 6 nitrogen and oxygen atoms in total. The molecule has 0 saturated carbocycles. The van der Waals surface area contributed by atoms with Gasteiger partial charge in [0.15, 0.2) is 5.78 Å². The van der Waals surface area contributed by atoms with Crippen molar-refractivity contribution in [1.29, 1.82) is 0 Å². The van der Waals surface area contributed by atoms with Crippen LogP contribution in [0.25, 0.3) is 0 Å². The molecule has 7 heteroatoms. The van der Waals surface area contributed by atoms with Crippen LogP contribution in [0.1, 0.15) is 33.1 Å². The van der Waals surface area contributed by atoms with Gasteiger partial charge in [-0.2, -0.15) is 0 Å². The molecule has 2 heterocycles. The third-order valence-electron chi connectivity index (χ3n) is 4.43. The number of cyclic esters (lactones) is 1. The first-order valence-corrected chi connectivity index (χ1v) is 8.60. The highest BCUT2D eigenvalue weighted by atomic mass is 79.9. The lowest BCUT2D eigenvalue weighted by Crippen LogP contribution is -2.47. The van der Waals surface area contributed by atoms with Gasteiger partial charge in [0.05, 0.1) is 10.4 Å². The predicted molar refractivity (Wildman–Crippen MR) is 85.6 cm³/mol. The van der Waals surface area contributed by atoms with Crippen LogP contribution in [0.4, 0.5) is 0 Å². The summed E-state index contributed by atoms with van der Waals surface area (Å²) in [4.78, 5) is 27.1. The van der Waals surface area contributed by atoms with E-state index in [9.17, 15) is 14.7 Å². The molecule has 0 unspecified atom stereocenters. The summed E-state index contributed by atoms with van der Waals surface area (Å²) in [5.41, 5.74) is -0.0874. The molecule has 0 bridgehead atoms. The molecule has 3 rings (SSSR count). The van der Waals surface area contributed by atoms with Gasteiger partial charge >= 0.3 is 5.97 Å². The Kier molecular flexibility index (Phi) is 4.27. The van der Waals surface area contributed by atoms with E-state index in [2.05, 4.69) is 20.8 Å². The Bertz CT molecular complexity index is 604. The number of rotatable bonds is 2. The minimum atomic E-state index is -1.24. The van der Waals surface area contributed by atoms with Gasteiger partial charge in [0.1, 0.15) is 5.57 Å². The monoisotopic (exact) mass is 385 g/mol. The number of piperidine rings is 1. The topological polar surface area (TPSA) is 76.1 Å². The Morgan fingerprint density at radius 1 is 1.22 bits per heavy atom. The molecule has 0 radical (unpaired) electrons. The Morgan fingerprint density at radius 3 is 2.48 bits per heavy atom. The lowest BCUT2D eigenvalue weighted by molar-refractivity contribution is -0.223. The van der Waals surface area contributed by atoms with Crippen LogP contribution < -0.4 is 0 Å². The van der Waals surface area contributed by atoms with Crippen molar-refractivity contribution < 1.29 is 24.2 Å². The van der Waals surface area contributed by atoms with Crippen LogP contribution in [0.2, 0.25) is 0 Å². The third-order valence-corrected chi connectivity index (χ3v) is 5.09. The smallest absolute Gasteiger partial charge is 0.345 e. The van der Waals surface area contributed by atoms with E-state index in [0.717, 1.165) is 25.9 Å². The van der Waals surface area contributed by atoms with Crippen LogP contribution in [-0.2, 0) is 19.1 Å². The van der Waals surface area contributed by atoms with Gasteiger partial charge in [-0.05, 0) is 47.9 Å². The van der Waals surface area contributed by atoms with E-state index in [4.69, 9.17) is 9.47 Å². The number of aliphatic hydroxyl groups is 1. The van der Waals surface area contributed by atoms with Gasteiger partial charge in [-0.25, -0.2) is 4.79 Å². The van der Waals surface area contributed by atoms with Gasteiger partial charge < -0.3 is 14.6 Å². The number of allylic oxidation sites excluding steroid dienone is 1. The van der Waals surface area contributed by atoms with E-state index in [1.54, 1.807) is 0 Å². The number of carbonyl (C=O) groups is 2. The second-order valence-electron chi connectivity index (χ2n) is 6.55. The summed E-state index contributed by atoms with van der Waals surface area (Å²) in [6.45, 7) is 4.79. The number of likely N-dealkylation sites (tertiary alicyclic amines) is 1. The number of esters is 1. The molecule has 0 aromatic rings. The molecular weight excluding hydrogens is 366 g/mol. The van der Waals surface area contributed by atoms with Crippen LogP contribution in [0, 0.1) is 5.92 Å². The second kappa shape index (κ2) is 5.94. The minimum Gasteiger partial charge on any atom is -0.480 e. The molecule has 2 aliphatic heterocycles. The largest absolute Gasteiger partial charge is 0.480 e. The van der Waals surface area contributed by atoms with Crippen molar-refractivity contribution in [2.45, 2.75) is 44.9 Å². The number of hydrogen-bond acceptors (Lipinski definition) is 6. The van der Waals surface area contributed by atoms with Gasteiger partial charge in [0, 0.05) is 19.9 Å². The maximum Gasteiger partial charge on any atom is 0.345 e. The molecule has 0 aromatic heterocycles. The first kappa shape index (κ1) is 16.5. The zero-order chi connectivity index (χ0) is 16.8. The molecule has 1 N–H and O–H groups in total. The minimum absolute atomic E-state index is 0.0874. The van der Waals surface area contributed by atoms with Crippen molar-refractivity contribution >= 4 is 27.7 Å². The lowest BCUT2D eigenvalue weighted by atomic mass is 9.90. The summed E-state index contributed by atoms with van der Waals surface area (Å²) < 4.78 is 10.9. The SMILES string of the molecule is CC1(C)OC(=O)C([C@@H]2C(=O)C(Br)=C[C@H]2N2CCCCC2)=C(O)O1. The molecule has 1 fully saturated rings. The van der Waals surface area contributed by atoms with Crippen molar-refractivity contribution in [3.63, 3.8) is 0 Å². The zero-order valence-electron chi connectivity index (χ0n) is 13.2. The van der Waals surface area contributed by atoms with E-state index >= 15 is 0 Å². The van der Waals surface area contributed by atoms with Crippen molar-refractivity contribution in [2.75, 3.05) is 13.1 Å². The standard InChI is InChI=1S/C16H20BrNO5/c1-16(2)22-14(20)12(15(21)23-16)11-10(8-9(17)13(11)19)18-6-4-3-5-7-18/h8,10-11,20H,3-7H2,1-2H3/t10-,11-/m1/s1. The normalized spacial score (nSPS) is 31.7. The first-order valence-electron chi connectivity index (χ1n) is 7.81. The van der Waals surface area contributed by atoms with Crippen molar-refractivity contribution in [2.24, 2.45) is 5.92 Å². The Morgan fingerprint density at radius 2 is 1.87 bits per heavy atom. The Balaban J connectivity index is 1.95. The fraction of sp³-hybridized carbons (Fsp3) is 0.625. The number of aliphatic hydroxyl groups excluding tert-OH is 1. The van der Waals surface area contributed by atoms with Gasteiger partial charge in [-0.1, -0.05) is 6.42 Å². The molecule has 0 aromatic carbocycles. The number of ketones is 1. The van der Waals surface area contributed by atoms with Crippen molar-refractivity contribution in [1.82, 2.24) is 4.90 Å². The molecule has 3 aliphatic rings. The van der Waals surface area contributed by atoms with Gasteiger partial charge in [-0.15, -0.1) is 0 Å². The number of hydrogen-bond donors (Lipinski definition) is 1. The number of nitrogens with zero attached hydrogens (tertiary/aromatic N) is 1. The van der Waals surface area contributed by atoms with Gasteiger partial charge in [0.2, 0.25) is 0 Å². The lowest BCUT2D eigenvalue weighted by Gasteiger charge is -2.37. The van der Waals surface area contributed by atoms with Crippen LogP contribution in [0.3, 0.4) is 0 Å². The quantitative estimate of drug-likeness (QED) is 0.735. The fourth-order valence-electron chi connectivity index (χ4n) is 3.40. The summed E-state index contributed by atoms with van der Waals surface area (Å²) in [7, 11) is 0. The van der Waals surface area contributed by atoms with Crippen LogP contribution in [0.5, 0.6) is 0 Å². The summed E-state index contributed by atoms with van der Waals surface area (Å²) in [5.74, 6) is -3.48. The summed E-state index contributed by atoms with van der Waals surface area (Å²) in [6, 6.07) is -0.272.